The van der Waals surface area contributed by atoms with Crippen LogP contribution in [0.25, 0.3) is 5.69 Å². The number of carbonyl (C=O) groups excluding carboxylic acids is 1. The van der Waals surface area contributed by atoms with Crippen molar-refractivity contribution in [2.45, 2.75) is 6.54 Å². The molecule has 3 aromatic rings. The van der Waals surface area contributed by atoms with Crippen LogP contribution < -0.4 is 5.32 Å². The number of carbonyl (C=O) groups is 1. The predicted molar refractivity (Wildman–Crippen MR) is 65.6 cm³/mol. The molecule has 0 saturated carbocycles. The highest BCUT2D eigenvalue weighted by Crippen LogP contribution is 2.11. The summed E-state index contributed by atoms with van der Waals surface area (Å²) in [6.07, 6.45) is 2.87. The number of amides is 1. The Morgan fingerprint density at radius 3 is 2.45 bits per heavy atom. The monoisotopic (exact) mass is 271 g/mol. The summed E-state index contributed by atoms with van der Waals surface area (Å²) in [4.78, 5) is 11.7. The molecule has 0 atom stereocenters. The number of nitrogens with zero attached hydrogens (tertiary/aromatic N) is 8. The fourth-order valence-corrected chi connectivity index (χ4v) is 1.58. The maximum atomic E-state index is 11.7. The number of anilines is 1. The maximum Gasteiger partial charge on any atom is 0.246 e. The van der Waals surface area contributed by atoms with Gasteiger partial charge in [-0.3, -0.25) is 4.79 Å². The Morgan fingerprint density at radius 2 is 1.80 bits per heavy atom. The molecule has 20 heavy (non-hydrogen) atoms. The predicted octanol–water partition coefficient (Wildman–Crippen LogP) is -0.713. The zero-order valence-electron chi connectivity index (χ0n) is 10.2. The Bertz CT molecular complexity index is 674. The Labute approximate surface area is 112 Å². The number of aromatic nitrogens is 8. The maximum absolute atomic E-state index is 11.7. The summed E-state index contributed by atoms with van der Waals surface area (Å²) >= 11 is 0. The van der Waals surface area contributed by atoms with Crippen molar-refractivity contribution in [3.05, 3.63) is 36.9 Å². The molecule has 0 aliphatic heterocycles. The average Bonchev–Trinajstić information content (AvgIpc) is 3.12. The first-order chi connectivity index (χ1) is 9.81. The van der Waals surface area contributed by atoms with Gasteiger partial charge in [0.25, 0.3) is 0 Å². The summed E-state index contributed by atoms with van der Waals surface area (Å²) in [5.74, 6) is -0.215. The first-order valence-corrected chi connectivity index (χ1v) is 5.65. The van der Waals surface area contributed by atoms with Crippen molar-refractivity contribution in [3.63, 3.8) is 0 Å². The van der Waals surface area contributed by atoms with Crippen molar-refractivity contribution in [1.29, 1.82) is 0 Å². The molecule has 0 aliphatic carbocycles. The molecule has 0 spiro atoms. The molecule has 10 nitrogen and oxygen atoms in total. The number of hydrogen-bond acceptors (Lipinski definition) is 7. The molecule has 0 aliphatic rings. The van der Waals surface area contributed by atoms with Crippen LogP contribution in [-0.4, -0.2) is 46.3 Å². The van der Waals surface area contributed by atoms with E-state index in [0.717, 1.165) is 5.69 Å². The molecule has 0 saturated heterocycles. The molecule has 2 heterocycles. The van der Waals surface area contributed by atoms with Crippen molar-refractivity contribution in [1.82, 2.24) is 40.4 Å². The molecule has 3 rings (SSSR count). The summed E-state index contributed by atoms with van der Waals surface area (Å²) in [5.41, 5.74) is 1.47. The van der Waals surface area contributed by atoms with E-state index in [1.807, 2.05) is 0 Å². The minimum absolute atomic E-state index is 0.0573. The number of hydrogen-bond donors (Lipinski definition) is 1. The number of tetrazole rings is 2. The molecular formula is C10H9N9O. The van der Waals surface area contributed by atoms with Crippen LogP contribution in [0.3, 0.4) is 0 Å². The molecule has 1 aromatic carbocycles. The van der Waals surface area contributed by atoms with Crippen molar-refractivity contribution < 1.29 is 4.79 Å². The highest BCUT2D eigenvalue weighted by Gasteiger charge is 2.05. The lowest BCUT2D eigenvalue weighted by molar-refractivity contribution is -0.116. The van der Waals surface area contributed by atoms with Gasteiger partial charge in [-0.2, -0.15) is 0 Å². The molecule has 2 aromatic heterocycles. The van der Waals surface area contributed by atoms with Crippen LogP contribution in [0.5, 0.6) is 0 Å². The van der Waals surface area contributed by atoms with Crippen LogP contribution in [0.15, 0.2) is 36.9 Å². The van der Waals surface area contributed by atoms with Crippen molar-refractivity contribution in [3.8, 4) is 5.69 Å². The quantitative estimate of drug-likeness (QED) is 0.666. The molecule has 100 valence electrons. The van der Waals surface area contributed by atoms with Gasteiger partial charge in [-0.1, -0.05) is 0 Å². The minimum atomic E-state index is -0.215. The molecular weight excluding hydrogens is 262 g/mol. The highest BCUT2D eigenvalue weighted by atomic mass is 16.2. The topological polar surface area (TPSA) is 116 Å². The van der Waals surface area contributed by atoms with Crippen LogP contribution in [0, 0.1) is 0 Å². The Kier molecular flexibility index (Phi) is 3.10. The van der Waals surface area contributed by atoms with E-state index in [2.05, 4.69) is 36.4 Å². The van der Waals surface area contributed by atoms with Gasteiger partial charge in [0.05, 0.1) is 5.69 Å². The summed E-state index contributed by atoms with van der Waals surface area (Å²) in [5, 5.41) is 24.1. The summed E-state index contributed by atoms with van der Waals surface area (Å²) in [7, 11) is 0. The van der Waals surface area contributed by atoms with Gasteiger partial charge in [-0.25, -0.2) is 9.36 Å². The molecule has 0 unspecified atom stereocenters. The van der Waals surface area contributed by atoms with E-state index in [9.17, 15) is 4.79 Å². The van der Waals surface area contributed by atoms with E-state index >= 15 is 0 Å². The third kappa shape index (κ3) is 2.63. The van der Waals surface area contributed by atoms with Gasteiger partial charge >= 0.3 is 0 Å². The second-order valence-corrected chi connectivity index (χ2v) is 3.86. The zero-order chi connectivity index (χ0) is 13.8. The largest absolute Gasteiger partial charge is 0.324 e. The Morgan fingerprint density at radius 1 is 1.05 bits per heavy atom. The normalized spacial score (nSPS) is 10.4. The number of rotatable bonds is 4. The standard InChI is InChI=1S/C10H9N9O/c20-10(5-18-6-11-14-16-18)13-8-1-3-9(4-2-8)19-7-12-15-17-19/h1-4,6-7H,5H2,(H,13,20). The summed E-state index contributed by atoms with van der Waals surface area (Å²) < 4.78 is 2.86. The van der Waals surface area contributed by atoms with Crippen molar-refractivity contribution >= 4 is 11.6 Å². The third-order valence-electron chi connectivity index (χ3n) is 2.46. The molecule has 0 bridgehead atoms. The Balaban J connectivity index is 1.65. The lowest BCUT2D eigenvalue weighted by Gasteiger charge is -2.05. The van der Waals surface area contributed by atoms with Gasteiger partial charge in [-0.15, -0.1) is 10.2 Å². The van der Waals surface area contributed by atoms with E-state index in [0.29, 0.717) is 5.69 Å². The van der Waals surface area contributed by atoms with Gasteiger partial charge in [0.2, 0.25) is 5.91 Å². The fraction of sp³-hybridized carbons (Fsp3) is 0.100. The first-order valence-electron chi connectivity index (χ1n) is 5.65. The number of nitrogens with one attached hydrogen (secondary N) is 1. The van der Waals surface area contributed by atoms with Gasteiger partial charge < -0.3 is 5.32 Å². The van der Waals surface area contributed by atoms with E-state index in [-0.39, 0.29) is 12.5 Å². The zero-order valence-corrected chi connectivity index (χ0v) is 10.2. The number of benzene rings is 1. The third-order valence-corrected chi connectivity index (χ3v) is 2.46. The lowest BCUT2D eigenvalue weighted by Crippen LogP contribution is -2.19. The first kappa shape index (κ1) is 11.9. The highest BCUT2D eigenvalue weighted by molar-refractivity contribution is 5.90. The van der Waals surface area contributed by atoms with Gasteiger partial charge in [0.1, 0.15) is 19.2 Å². The molecule has 0 radical (unpaired) electrons. The molecule has 10 heteroatoms. The molecule has 0 fully saturated rings. The molecule has 1 amide bonds. The van der Waals surface area contributed by atoms with E-state index in [4.69, 9.17) is 0 Å². The van der Waals surface area contributed by atoms with Gasteiger partial charge in [0, 0.05) is 5.69 Å². The fourth-order valence-electron chi connectivity index (χ4n) is 1.58. The van der Waals surface area contributed by atoms with Crippen molar-refractivity contribution in [2.75, 3.05) is 5.32 Å². The van der Waals surface area contributed by atoms with Crippen LogP contribution in [0.2, 0.25) is 0 Å². The van der Waals surface area contributed by atoms with Gasteiger partial charge in [-0.05, 0) is 45.1 Å². The van der Waals surface area contributed by atoms with Crippen LogP contribution >= 0.6 is 0 Å². The van der Waals surface area contributed by atoms with Crippen molar-refractivity contribution in [2.24, 2.45) is 0 Å². The SMILES string of the molecule is O=C(Cn1cnnn1)Nc1ccc(-n2cnnn2)cc1. The van der Waals surface area contributed by atoms with E-state index in [1.54, 1.807) is 24.3 Å². The minimum Gasteiger partial charge on any atom is -0.324 e. The summed E-state index contributed by atoms with van der Waals surface area (Å²) in [6, 6.07) is 7.11. The smallest absolute Gasteiger partial charge is 0.246 e. The van der Waals surface area contributed by atoms with Gasteiger partial charge in [0.15, 0.2) is 0 Å². The Hall–Kier alpha value is -3.17. The van der Waals surface area contributed by atoms with E-state index < -0.39 is 0 Å². The average molecular weight is 271 g/mol. The second kappa shape index (κ2) is 5.22. The van der Waals surface area contributed by atoms with Crippen LogP contribution in [-0.2, 0) is 11.3 Å². The second-order valence-electron chi connectivity index (χ2n) is 3.86. The molecule has 1 N–H and O–H groups in total. The summed E-state index contributed by atoms with van der Waals surface area (Å²) in [6.45, 7) is 0.0573. The van der Waals surface area contributed by atoms with Crippen LogP contribution in [0.1, 0.15) is 0 Å². The lowest BCUT2D eigenvalue weighted by atomic mass is 10.3. The van der Waals surface area contributed by atoms with E-state index in [1.165, 1.54) is 22.0 Å². The van der Waals surface area contributed by atoms with Crippen LogP contribution in [0.4, 0.5) is 5.69 Å².